The van der Waals surface area contributed by atoms with Crippen LogP contribution >= 0.6 is 27.5 Å². The summed E-state index contributed by atoms with van der Waals surface area (Å²) in [6.45, 7) is 6.05. The van der Waals surface area contributed by atoms with Crippen molar-refractivity contribution in [3.05, 3.63) is 26.7 Å². The van der Waals surface area contributed by atoms with Crippen LogP contribution in [0.1, 0.15) is 31.1 Å². The number of ether oxygens (including phenoxy) is 1. The van der Waals surface area contributed by atoms with Gasteiger partial charge in [0.15, 0.2) is 0 Å². The minimum Gasteiger partial charge on any atom is -0.492 e. The molecule has 1 unspecified atom stereocenters. The van der Waals surface area contributed by atoms with Gasteiger partial charge < -0.3 is 9.84 Å². The summed E-state index contributed by atoms with van der Waals surface area (Å²) in [5, 5.41) is 10.2. The molecule has 0 aliphatic carbocycles. The van der Waals surface area contributed by atoms with E-state index in [4.69, 9.17) is 16.3 Å². The number of halogens is 2. The molecular weight excluding hydrogens is 279 g/mol. The van der Waals surface area contributed by atoms with Crippen molar-refractivity contribution in [2.75, 3.05) is 6.61 Å². The Morgan fingerprint density at radius 2 is 2.20 bits per heavy atom. The van der Waals surface area contributed by atoms with Gasteiger partial charge >= 0.3 is 0 Å². The molecule has 0 amide bonds. The normalized spacial score (nSPS) is 12.7. The molecule has 0 saturated carbocycles. The maximum atomic E-state index is 9.61. The molecule has 1 aromatic carbocycles. The third kappa shape index (κ3) is 2.65. The maximum Gasteiger partial charge on any atom is 0.139 e. The van der Waals surface area contributed by atoms with Crippen LogP contribution in [-0.2, 0) is 0 Å². The van der Waals surface area contributed by atoms with E-state index in [0.29, 0.717) is 22.9 Å². The molecular formula is C11H14BrClO2. The monoisotopic (exact) mass is 292 g/mol. The summed E-state index contributed by atoms with van der Waals surface area (Å²) in [4.78, 5) is 0. The van der Waals surface area contributed by atoms with Crippen LogP contribution in [-0.4, -0.2) is 11.7 Å². The van der Waals surface area contributed by atoms with E-state index < -0.39 is 6.10 Å². The molecule has 0 aromatic heterocycles. The highest BCUT2D eigenvalue weighted by molar-refractivity contribution is 9.10. The number of rotatable bonds is 3. The fourth-order valence-electron chi connectivity index (χ4n) is 1.31. The van der Waals surface area contributed by atoms with Crippen molar-refractivity contribution in [3.8, 4) is 5.75 Å². The SMILES string of the molecule is CCOc1c(C(C)O)cc(Cl)c(C)c1Br. The van der Waals surface area contributed by atoms with Gasteiger partial charge in [0.1, 0.15) is 5.75 Å². The van der Waals surface area contributed by atoms with Crippen LogP contribution in [0.2, 0.25) is 5.02 Å². The molecule has 0 spiro atoms. The number of benzene rings is 1. The van der Waals surface area contributed by atoms with Crippen molar-refractivity contribution in [1.82, 2.24) is 0 Å². The van der Waals surface area contributed by atoms with E-state index in [-0.39, 0.29) is 0 Å². The third-order valence-electron chi connectivity index (χ3n) is 2.17. The van der Waals surface area contributed by atoms with Gasteiger partial charge in [-0.3, -0.25) is 0 Å². The van der Waals surface area contributed by atoms with Crippen LogP contribution < -0.4 is 4.74 Å². The smallest absolute Gasteiger partial charge is 0.139 e. The summed E-state index contributed by atoms with van der Waals surface area (Å²) < 4.78 is 6.31. The van der Waals surface area contributed by atoms with Gasteiger partial charge in [-0.2, -0.15) is 0 Å². The van der Waals surface area contributed by atoms with Crippen molar-refractivity contribution < 1.29 is 9.84 Å². The van der Waals surface area contributed by atoms with Crippen LogP contribution in [0.25, 0.3) is 0 Å². The summed E-state index contributed by atoms with van der Waals surface area (Å²) >= 11 is 9.47. The van der Waals surface area contributed by atoms with Crippen LogP contribution in [0, 0.1) is 6.92 Å². The van der Waals surface area contributed by atoms with Crippen molar-refractivity contribution in [1.29, 1.82) is 0 Å². The van der Waals surface area contributed by atoms with E-state index in [1.165, 1.54) is 0 Å². The first-order chi connectivity index (χ1) is 6.99. The van der Waals surface area contributed by atoms with Crippen molar-refractivity contribution in [2.24, 2.45) is 0 Å². The lowest BCUT2D eigenvalue weighted by atomic mass is 10.1. The summed E-state index contributed by atoms with van der Waals surface area (Å²) in [6.07, 6.45) is -0.596. The largest absolute Gasteiger partial charge is 0.492 e. The molecule has 0 bridgehead atoms. The van der Waals surface area contributed by atoms with Crippen LogP contribution in [0.15, 0.2) is 10.5 Å². The van der Waals surface area contributed by atoms with Gasteiger partial charge in [-0.1, -0.05) is 11.6 Å². The first-order valence-electron chi connectivity index (χ1n) is 4.78. The lowest BCUT2D eigenvalue weighted by molar-refractivity contribution is 0.192. The minimum absolute atomic E-state index is 0.555. The van der Waals surface area contributed by atoms with Crippen molar-refractivity contribution in [3.63, 3.8) is 0 Å². The average Bonchev–Trinajstić information content (AvgIpc) is 2.18. The molecule has 0 aliphatic heterocycles. The Bertz CT molecular complexity index is 364. The molecule has 84 valence electrons. The van der Waals surface area contributed by atoms with E-state index in [1.807, 2.05) is 13.8 Å². The van der Waals surface area contributed by atoms with Crippen LogP contribution in [0.5, 0.6) is 5.75 Å². The fraction of sp³-hybridized carbons (Fsp3) is 0.455. The Morgan fingerprint density at radius 3 is 2.67 bits per heavy atom. The summed E-state index contributed by atoms with van der Waals surface area (Å²) in [5.41, 5.74) is 1.63. The molecule has 0 aliphatic rings. The minimum atomic E-state index is -0.596. The fourth-order valence-corrected chi connectivity index (χ4v) is 2.20. The van der Waals surface area contributed by atoms with Crippen LogP contribution in [0.4, 0.5) is 0 Å². The Hall–Kier alpha value is -0.250. The Labute approximate surface area is 103 Å². The molecule has 0 radical (unpaired) electrons. The Morgan fingerprint density at radius 1 is 1.60 bits per heavy atom. The predicted molar refractivity (Wildman–Crippen MR) is 65.7 cm³/mol. The van der Waals surface area contributed by atoms with Gasteiger partial charge in [-0.15, -0.1) is 0 Å². The van der Waals surface area contributed by atoms with Gasteiger partial charge in [0, 0.05) is 10.6 Å². The van der Waals surface area contributed by atoms with Crippen molar-refractivity contribution >= 4 is 27.5 Å². The van der Waals surface area contributed by atoms with Gasteiger partial charge in [0.25, 0.3) is 0 Å². The lowest BCUT2D eigenvalue weighted by Crippen LogP contribution is -2.02. The standard InChI is InChI=1S/C11H14BrClO2/c1-4-15-11-8(7(3)14)5-9(13)6(2)10(11)12/h5,7,14H,4H2,1-3H3. The first-order valence-corrected chi connectivity index (χ1v) is 5.95. The summed E-state index contributed by atoms with van der Waals surface area (Å²) in [5.74, 6) is 0.675. The lowest BCUT2D eigenvalue weighted by Gasteiger charge is -2.16. The zero-order valence-electron chi connectivity index (χ0n) is 8.97. The van der Waals surface area contributed by atoms with E-state index in [9.17, 15) is 5.11 Å². The number of aliphatic hydroxyl groups excluding tert-OH is 1. The zero-order valence-corrected chi connectivity index (χ0v) is 11.3. The first kappa shape index (κ1) is 12.8. The summed E-state index contributed by atoms with van der Waals surface area (Å²) in [6, 6.07) is 1.75. The molecule has 1 rings (SSSR count). The average molecular weight is 294 g/mol. The maximum absolute atomic E-state index is 9.61. The second-order valence-corrected chi connectivity index (χ2v) is 4.52. The van der Waals surface area contributed by atoms with Gasteiger partial charge in [0.05, 0.1) is 17.2 Å². The zero-order chi connectivity index (χ0) is 11.6. The van der Waals surface area contributed by atoms with E-state index >= 15 is 0 Å². The summed E-state index contributed by atoms with van der Waals surface area (Å²) in [7, 11) is 0. The molecule has 15 heavy (non-hydrogen) atoms. The topological polar surface area (TPSA) is 29.5 Å². The van der Waals surface area contributed by atoms with Gasteiger partial charge in [0.2, 0.25) is 0 Å². The molecule has 0 heterocycles. The van der Waals surface area contributed by atoms with Crippen LogP contribution in [0.3, 0.4) is 0 Å². The second-order valence-electron chi connectivity index (χ2n) is 3.32. The van der Waals surface area contributed by atoms with E-state index in [0.717, 1.165) is 10.0 Å². The van der Waals surface area contributed by atoms with Gasteiger partial charge in [-0.25, -0.2) is 0 Å². The quantitative estimate of drug-likeness (QED) is 0.917. The third-order valence-corrected chi connectivity index (χ3v) is 3.52. The van der Waals surface area contributed by atoms with Gasteiger partial charge in [-0.05, 0) is 48.3 Å². The molecule has 1 aromatic rings. The molecule has 4 heteroatoms. The second kappa shape index (κ2) is 5.19. The Balaban J connectivity index is 3.36. The molecule has 0 saturated heterocycles. The van der Waals surface area contributed by atoms with Crippen molar-refractivity contribution in [2.45, 2.75) is 26.9 Å². The number of hydrogen-bond donors (Lipinski definition) is 1. The highest BCUT2D eigenvalue weighted by Crippen LogP contribution is 2.39. The molecule has 1 atom stereocenters. The predicted octanol–water partition coefficient (Wildman–Crippen LogP) is 3.86. The highest BCUT2D eigenvalue weighted by Gasteiger charge is 2.16. The van der Waals surface area contributed by atoms with E-state index in [2.05, 4.69) is 15.9 Å². The van der Waals surface area contributed by atoms with E-state index in [1.54, 1.807) is 13.0 Å². The number of hydrogen-bond acceptors (Lipinski definition) is 2. The number of aliphatic hydroxyl groups is 1. The highest BCUT2D eigenvalue weighted by atomic mass is 79.9. The molecule has 2 nitrogen and oxygen atoms in total. The molecule has 0 fully saturated rings. The molecule has 1 N–H and O–H groups in total. The Kier molecular flexibility index (Phi) is 4.44.